The van der Waals surface area contributed by atoms with Crippen LogP contribution in [0.15, 0.2) is 42.5 Å². The number of carbonyl (C=O) groups is 2. The molecule has 2 amide bonds. The van der Waals surface area contributed by atoms with E-state index in [1.807, 2.05) is 43.3 Å². The molecule has 3 rings (SSSR count). The number of hydrogen-bond acceptors (Lipinski definition) is 3. The van der Waals surface area contributed by atoms with Crippen molar-refractivity contribution in [1.82, 2.24) is 0 Å². The van der Waals surface area contributed by atoms with Crippen molar-refractivity contribution in [3.8, 4) is 0 Å². The second-order valence-corrected chi connectivity index (χ2v) is 6.14. The van der Waals surface area contributed by atoms with Crippen LogP contribution >= 0.6 is 12.4 Å². The van der Waals surface area contributed by atoms with Gasteiger partial charge in [0.05, 0.1) is 0 Å². The number of amides is 2. The van der Waals surface area contributed by atoms with Crippen LogP contribution in [0.5, 0.6) is 0 Å². The number of rotatable bonds is 3. The Bertz CT molecular complexity index is 790. The summed E-state index contributed by atoms with van der Waals surface area (Å²) in [6.07, 6.45) is 0.794. The molecule has 6 heteroatoms. The third-order valence-electron chi connectivity index (χ3n) is 4.34. The zero-order valence-corrected chi connectivity index (χ0v) is 15.1. The van der Waals surface area contributed by atoms with Crippen molar-refractivity contribution < 1.29 is 9.59 Å². The van der Waals surface area contributed by atoms with Crippen molar-refractivity contribution in [2.24, 2.45) is 5.73 Å². The monoisotopic (exact) mass is 359 g/mol. The lowest BCUT2D eigenvalue weighted by Gasteiger charge is -2.16. The number of halogens is 1. The summed E-state index contributed by atoms with van der Waals surface area (Å²) < 4.78 is 0. The zero-order valence-electron chi connectivity index (χ0n) is 14.3. The molecule has 2 aromatic carbocycles. The van der Waals surface area contributed by atoms with Crippen LogP contribution in [-0.4, -0.2) is 18.4 Å². The van der Waals surface area contributed by atoms with E-state index in [1.165, 1.54) is 0 Å². The maximum atomic E-state index is 12.4. The number of anilines is 2. The van der Waals surface area contributed by atoms with Gasteiger partial charge in [-0.25, -0.2) is 0 Å². The highest BCUT2D eigenvalue weighted by atomic mass is 35.5. The van der Waals surface area contributed by atoms with Gasteiger partial charge in [-0.05, 0) is 42.7 Å². The lowest BCUT2D eigenvalue weighted by Crippen LogP contribution is -2.27. The van der Waals surface area contributed by atoms with Crippen molar-refractivity contribution >= 4 is 35.6 Å². The number of nitrogens with two attached hydrogens (primary N) is 1. The molecule has 3 N–H and O–H groups in total. The Hall–Kier alpha value is -2.37. The minimum absolute atomic E-state index is 0. The molecule has 0 radical (unpaired) electrons. The van der Waals surface area contributed by atoms with Gasteiger partial charge in [-0.2, -0.15) is 0 Å². The molecule has 0 saturated carbocycles. The highest BCUT2D eigenvalue weighted by Gasteiger charge is 2.23. The van der Waals surface area contributed by atoms with Gasteiger partial charge in [-0.15, -0.1) is 12.4 Å². The molecule has 1 aliphatic rings. The molecule has 0 aromatic heterocycles. The SMILES string of the molecule is CC(=O)N1CCc2cc(NC(=O)C(N)c3ccc(C)cc3)ccc21.Cl. The van der Waals surface area contributed by atoms with Crippen molar-refractivity contribution in [3.05, 3.63) is 59.2 Å². The Balaban J connectivity index is 0.00000225. The predicted molar refractivity (Wildman–Crippen MR) is 102 cm³/mol. The van der Waals surface area contributed by atoms with E-state index in [9.17, 15) is 9.59 Å². The maximum absolute atomic E-state index is 12.4. The number of fused-ring (bicyclic) bond motifs is 1. The third-order valence-corrected chi connectivity index (χ3v) is 4.34. The summed E-state index contributed by atoms with van der Waals surface area (Å²) >= 11 is 0. The van der Waals surface area contributed by atoms with Gasteiger partial charge in [-0.1, -0.05) is 29.8 Å². The summed E-state index contributed by atoms with van der Waals surface area (Å²) in [5.74, 6) is -0.216. The molecule has 1 aliphatic heterocycles. The van der Waals surface area contributed by atoms with Gasteiger partial charge >= 0.3 is 0 Å². The number of carbonyl (C=O) groups excluding carboxylic acids is 2. The van der Waals surface area contributed by atoms with Crippen molar-refractivity contribution in [1.29, 1.82) is 0 Å². The number of benzene rings is 2. The second kappa shape index (κ2) is 7.68. The number of nitrogens with zero attached hydrogens (tertiary/aromatic N) is 1. The van der Waals surface area contributed by atoms with Crippen LogP contribution in [0.1, 0.15) is 29.7 Å². The van der Waals surface area contributed by atoms with Crippen molar-refractivity contribution in [2.45, 2.75) is 26.3 Å². The van der Waals surface area contributed by atoms with Crippen LogP contribution in [0.3, 0.4) is 0 Å². The lowest BCUT2D eigenvalue weighted by molar-refractivity contribution is -0.118. The average molecular weight is 360 g/mol. The minimum Gasteiger partial charge on any atom is -0.324 e. The van der Waals surface area contributed by atoms with Crippen LogP contribution < -0.4 is 16.0 Å². The number of hydrogen-bond donors (Lipinski definition) is 2. The minimum atomic E-state index is -0.715. The zero-order chi connectivity index (χ0) is 17.3. The van der Waals surface area contributed by atoms with Crippen molar-refractivity contribution in [2.75, 3.05) is 16.8 Å². The van der Waals surface area contributed by atoms with E-state index in [0.29, 0.717) is 12.2 Å². The molecule has 25 heavy (non-hydrogen) atoms. The van der Waals surface area contributed by atoms with Gasteiger partial charge in [0, 0.05) is 24.8 Å². The van der Waals surface area contributed by atoms with E-state index in [1.54, 1.807) is 17.9 Å². The fourth-order valence-corrected chi connectivity index (χ4v) is 2.95. The van der Waals surface area contributed by atoms with Gasteiger partial charge in [0.25, 0.3) is 0 Å². The fourth-order valence-electron chi connectivity index (χ4n) is 2.95. The van der Waals surface area contributed by atoms with Gasteiger partial charge in [0.15, 0.2) is 0 Å². The first-order valence-corrected chi connectivity index (χ1v) is 8.00. The largest absolute Gasteiger partial charge is 0.324 e. The Labute approximate surface area is 153 Å². The third kappa shape index (κ3) is 4.00. The molecule has 0 fully saturated rings. The predicted octanol–water partition coefficient (Wildman–Crippen LogP) is 2.96. The van der Waals surface area contributed by atoms with E-state index in [4.69, 9.17) is 5.73 Å². The summed E-state index contributed by atoms with van der Waals surface area (Å²) in [6.45, 7) is 4.24. The summed E-state index contributed by atoms with van der Waals surface area (Å²) in [5.41, 5.74) is 10.6. The molecule has 1 heterocycles. The van der Waals surface area contributed by atoms with E-state index in [-0.39, 0.29) is 24.2 Å². The smallest absolute Gasteiger partial charge is 0.245 e. The molecule has 0 spiro atoms. The Morgan fingerprint density at radius 3 is 2.48 bits per heavy atom. The molecule has 0 saturated heterocycles. The molecule has 1 unspecified atom stereocenters. The van der Waals surface area contributed by atoms with E-state index < -0.39 is 6.04 Å². The topological polar surface area (TPSA) is 75.4 Å². The van der Waals surface area contributed by atoms with Crippen LogP contribution in [0.2, 0.25) is 0 Å². The molecular weight excluding hydrogens is 338 g/mol. The highest BCUT2D eigenvalue weighted by Crippen LogP contribution is 2.30. The van der Waals surface area contributed by atoms with Gasteiger partial charge in [-0.3, -0.25) is 9.59 Å². The molecule has 0 bridgehead atoms. The summed E-state index contributed by atoms with van der Waals surface area (Å²) in [7, 11) is 0. The summed E-state index contributed by atoms with van der Waals surface area (Å²) in [6, 6.07) is 12.5. The van der Waals surface area contributed by atoms with Crippen LogP contribution in [-0.2, 0) is 16.0 Å². The van der Waals surface area contributed by atoms with E-state index in [0.717, 1.165) is 28.8 Å². The normalized spacial score (nSPS) is 13.6. The first kappa shape index (κ1) is 19.0. The summed E-state index contributed by atoms with van der Waals surface area (Å²) in [5, 5.41) is 2.86. The quantitative estimate of drug-likeness (QED) is 0.884. The van der Waals surface area contributed by atoms with E-state index in [2.05, 4.69) is 5.32 Å². The molecule has 2 aromatic rings. The lowest BCUT2D eigenvalue weighted by atomic mass is 10.0. The Morgan fingerprint density at radius 1 is 1.16 bits per heavy atom. The van der Waals surface area contributed by atoms with Crippen LogP contribution in [0, 0.1) is 6.92 Å². The number of aryl methyl sites for hydroxylation is 1. The van der Waals surface area contributed by atoms with Gasteiger partial charge in [0.1, 0.15) is 6.04 Å². The first-order chi connectivity index (χ1) is 11.5. The van der Waals surface area contributed by atoms with Gasteiger partial charge in [0.2, 0.25) is 11.8 Å². The van der Waals surface area contributed by atoms with Gasteiger partial charge < -0.3 is 16.0 Å². The average Bonchev–Trinajstić information content (AvgIpc) is 2.98. The van der Waals surface area contributed by atoms with Crippen LogP contribution in [0.4, 0.5) is 11.4 Å². The first-order valence-electron chi connectivity index (χ1n) is 8.00. The standard InChI is InChI=1S/C19H21N3O2.ClH/c1-12-3-5-14(6-4-12)18(20)19(24)21-16-7-8-17-15(11-16)9-10-22(17)13(2)23;/h3-8,11,18H,9-10,20H2,1-2H3,(H,21,24);1H. The highest BCUT2D eigenvalue weighted by molar-refractivity contribution is 5.97. The van der Waals surface area contributed by atoms with Crippen molar-refractivity contribution in [3.63, 3.8) is 0 Å². The Kier molecular flexibility index (Phi) is 5.82. The second-order valence-electron chi connectivity index (χ2n) is 6.14. The molecule has 0 aliphatic carbocycles. The number of nitrogens with one attached hydrogen (secondary N) is 1. The Morgan fingerprint density at radius 2 is 1.84 bits per heavy atom. The molecule has 132 valence electrons. The summed E-state index contributed by atoms with van der Waals surface area (Å²) in [4.78, 5) is 25.7. The maximum Gasteiger partial charge on any atom is 0.245 e. The van der Waals surface area contributed by atoms with E-state index >= 15 is 0 Å². The van der Waals surface area contributed by atoms with Crippen LogP contribution in [0.25, 0.3) is 0 Å². The fraction of sp³-hybridized carbons (Fsp3) is 0.263. The molecule has 1 atom stereocenters. The molecular formula is C19H22ClN3O2. The molecule has 5 nitrogen and oxygen atoms in total.